The number of carbonyl (C=O) groups is 1. The summed E-state index contributed by atoms with van der Waals surface area (Å²) in [6.45, 7) is 0.708. The van der Waals surface area contributed by atoms with Crippen LogP contribution in [0.3, 0.4) is 0 Å². The fourth-order valence-electron chi connectivity index (χ4n) is 1.69. The van der Waals surface area contributed by atoms with Gasteiger partial charge in [0.05, 0.1) is 0 Å². The summed E-state index contributed by atoms with van der Waals surface area (Å²) in [7, 11) is 1.78. The first kappa shape index (κ1) is 12.8. The molecule has 0 bridgehead atoms. The van der Waals surface area contributed by atoms with Gasteiger partial charge in [-0.2, -0.15) is 11.8 Å². The molecular weight excluding hydrogens is 248 g/mol. The Bertz CT molecular complexity index is 565. The molecule has 0 aliphatic carbocycles. The summed E-state index contributed by atoms with van der Waals surface area (Å²) in [6, 6.07) is 7.09. The van der Waals surface area contributed by atoms with Gasteiger partial charge in [0.25, 0.3) is 5.91 Å². The van der Waals surface area contributed by atoms with E-state index in [1.165, 1.54) is 0 Å². The van der Waals surface area contributed by atoms with Crippen molar-refractivity contribution in [2.75, 3.05) is 31.3 Å². The highest BCUT2D eigenvalue weighted by molar-refractivity contribution is 7.98. The molecule has 0 spiro atoms. The van der Waals surface area contributed by atoms with Crippen molar-refractivity contribution in [3.05, 3.63) is 30.0 Å². The fourth-order valence-corrected chi connectivity index (χ4v) is 2.14. The van der Waals surface area contributed by atoms with Crippen LogP contribution in [0.15, 0.2) is 28.7 Å². The second kappa shape index (κ2) is 5.35. The second-order valence-electron chi connectivity index (χ2n) is 4.13. The Balaban J connectivity index is 2.22. The molecule has 0 unspecified atom stereocenters. The number of hydrogen-bond acceptors (Lipinski definition) is 4. The van der Waals surface area contributed by atoms with Crippen molar-refractivity contribution in [2.24, 2.45) is 0 Å². The predicted molar refractivity (Wildman–Crippen MR) is 76.0 cm³/mol. The van der Waals surface area contributed by atoms with Gasteiger partial charge >= 0.3 is 0 Å². The lowest BCUT2D eigenvalue weighted by atomic mass is 10.2. The first-order chi connectivity index (χ1) is 8.61. The van der Waals surface area contributed by atoms with Crippen LogP contribution in [-0.2, 0) is 0 Å². The Kier molecular flexibility index (Phi) is 3.81. The van der Waals surface area contributed by atoms with E-state index in [2.05, 4.69) is 0 Å². The molecule has 96 valence electrons. The first-order valence-electron chi connectivity index (χ1n) is 5.65. The minimum atomic E-state index is -0.0983. The van der Waals surface area contributed by atoms with Crippen LogP contribution in [0, 0.1) is 0 Å². The summed E-state index contributed by atoms with van der Waals surface area (Å²) >= 11 is 1.71. The SMILES string of the molecule is CSCCN(C)C(=O)c1cc2cc(N)ccc2o1. The van der Waals surface area contributed by atoms with E-state index in [0.29, 0.717) is 23.6 Å². The Hall–Kier alpha value is -1.62. The molecule has 2 N–H and O–H groups in total. The van der Waals surface area contributed by atoms with E-state index in [0.717, 1.165) is 11.1 Å². The number of nitrogens with two attached hydrogens (primary N) is 1. The number of benzene rings is 1. The number of furan rings is 1. The summed E-state index contributed by atoms with van der Waals surface area (Å²) < 4.78 is 5.53. The summed E-state index contributed by atoms with van der Waals surface area (Å²) in [5, 5.41) is 0.858. The van der Waals surface area contributed by atoms with Crippen LogP contribution in [0.25, 0.3) is 11.0 Å². The van der Waals surface area contributed by atoms with Crippen molar-refractivity contribution >= 4 is 34.3 Å². The van der Waals surface area contributed by atoms with Gasteiger partial charge in [-0.1, -0.05) is 0 Å². The third kappa shape index (κ3) is 2.61. The van der Waals surface area contributed by atoms with Gasteiger partial charge < -0.3 is 15.1 Å². The molecule has 0 aliphatic rings. The molecule has 0 saturated heterocycles. The van der Waals surface area contributed by atoms with Crippen LogP contribution in [-0.4, -0.2) is 36.4 Å². The van der Waals surface area contributed by atoms with Gasteiger partial charge in [-0.3, -0.25) is 4.79 Å². The van der Waals surface area contributed by atoms with Crippen LogP contribution in [0.5, 0.6) is 0 Å². The summed E-state index contributed by atoms with van der Waals surface area (Å²) in [5.41, 5.74) is 7.05. The average molecular weight is 264 g/mol. The number of amides is 1. The van der Waals surface area contributed by atoms with Crippen LogP contribution in [0.1, 0.15) is 10.6 Å². The zero-order chi connectivity index (χ0) is 13.1. The Labute approximate surface area is 110 Å². The molecular formula is C13H16N2O2S. The quantitative estimate of drug-likeness (QED) is 0.862. The number of rotatable bonds is 4. The van der Waals surface area contributed by atoms with Gasteiger partial charge in [-0.25, -0.2) is 0 Å². The normalized spacial score (nSPS) is 10.8. The van der Waals surface area contributed by atoms with E-state index in [-0.39, 0.29) is 5.91 Å². The number of anilines is 1. The van der Waals surface area contributed by atoms with Crippen molar-refractivity contribution in [1.29, 1.82) is 0 Å². The van der Waals surface area contributed by atoms with Crippen molar-refractivity contribution in [2.45, 2.75) is 0 Å². The molecule has 1 amide bonds. The molecule has 0 atom stereocenters. The number of fused-ring (bicyclic) bond motifs is 1. The monoisotopic (exact) mass is 264 g/mol. The smallest absolute Gasteiger partial charge is 0.289 e. The lowest BCUT2D eigenvalue weighted by Crippen LogP contribution is -2.28. The van der Waals surface area contributed by atoms with Crippen molar-refractivity contribution in [1.82, 2.24) is 4.90 Å². The number of thioether (sulfide) groups is 1. The van der Waals surface area contributed by atoms with Gasteiger partial charge in [0.1, 0.15) is 5.58 Å². The number of carbonyl (C=O) groups excluding carboxylic acids is 1. The maximum absolute atomic E-state index is 12.1. The number of nitrogens with zero attached hydrogens (tertiary/aromatic N) is 1. The van der Waals surface area contributed by atoms with E-state index in [1.807, 2.05) is 6.26 Å². The molecule has 4 nitrogen and oxygen atoms in total. The largest absolute Gasteiger partial charge is 0.451 e. The van der Waals surface area contributed by atoms with E-state index in [1.54, 1.807) is 48.0 Å². The lowest BCUT2D eigenvalue weighted by molar-refractivity contribution is 0.0775. The van der Waals surface area contributed by atoms with Gasteiger partial charge in [0.2, 0.25) is 0 Å². The van der Waals surface area contributed by atoms with Crippen LogP contribution < -0.4 is 5.73 Å². The topological polar surface area (TPSA) is 59.5 Å². The van der Waals surface area contributed by atoms with Gasteiger partial charge in [0.15, 0.2) is 5.76 Å². The first-order valence-corrected chi connectivity index (χ1v) is 7.04. The fraction of sp³-hybridized carbons (Fsp3) is 0.308. The molecule has 1 aromatic carbocycles. The molecule has 5 heteroatoms. The van der Waals surface area contributed by atoms with Crippen molar-refractivity contribution in [3.63, 3.8) is 0 Å². The molecule has 1 heterocycles. The lowest BCUT2D eigenvalue weighted by Gasteiger charge is -2.14. The maximum atomic E-state index is 12.1. The zero-order valence-electron chi connectivity index (χ0n) is 10.5. The second-order valence-corrected chi connectivity index (χ2v) is 5.11. The van der Waals surface area contributed by atoms with Crippen LogP contribution in [0.2, 0.25) is 0 Å². The summed E-state index contributed by atoms with van der Waals surface area (Å²) in [5.74, 6) is 1.17. The van der Waals surface area contributed by atoms with E-state index in [9.17, 15) is 4.79 Å². The molecule has 1 aromatic heterocycles. The number of hydrogen-bond donors (Lipinski definition) is 1. The number of nitrogen functional groups attached to an aromatic ring is 1. The average Bonchev–Trinajstić information content (AvgIpc) is 2.77. The highest BCUT2D eigenvalue weighted by atomic mass is 32.2. The zero-order valence-corrected chi connectivity index (χ0v) is 11.3. The Morgan fingerprint density at radius 3 is 2.94 bits per heavy atom. The molecule has 0 saturated carbocycles. The summed E-state index contributed by atoms with van der Waals surface area (Å²) in [6.07, 6.45) is 2.02. The van der Waals surface area contributed by atoms with Crippen molar-refractivity contribution in [3.8, 4) is 0 Å². The highest BCUT2D eigenvalue weighted by Crippen LogP contribution is 2.22. The molecule has 2 aromatic rings. The van der Waals surface area contributed by atoms with E-state index >= 15 is 0 Å². The maximum Gasteiger partial charge on any atom is 0.289 e. The highest BCUT2D eigenvalue weighted by Gasteiger charge is 2.16. The minimum absolute atomic E-state index is 0.0983. The molecule has 0 aliphatic heterocycles. The third-order valence-electron chi connectivity index (χ3n) is 2.73. The molecule has 18 heavy (non-hydrogen) atoms. The van der Waals surface area contributed by atoms with Gasteiger partial charge in [0, 0.05) is 30.4 Å². The van der Waals surface area contributed by atoms with Gasteiger partial charge in [-0.15, -0.1) is 0 Å². The third-order valence-corrected chi connectivity index (χ3v) is 3.32. The predicted octanol–water partition coefficient (Wildman–Crippen LogP) is 2.45. The van der Waals surface area contributed by atoms with Crippen molar-refractivity contribution < 1.29 is 9.21 Å². The van der Waals surface area contributed by atoms with E-state index in [4.69, 9.17) is 10.2 Å². The Morgan fingerprint density at radius 1 is 1.44 bits per heavy atom. The molecule has 0 radical (unpaired) electrons. The van der Waals surface area contributed by atoms with Gasteiger partial charge in [-0.05, 0) is 30.5 Å². The van der Waals surface area contributed by atoms with Crippen LogP contribution in [0.4, 0.5) is 5.69 Å². The molecule has 0 fully saturated rings. The van der Waals surface area contributed by atoms with E-state index < -0.39 is 0 Å². The molecule has 2 rings (SSSR count). The van der Waals surface area contributed by atoms with Crippen LogP contribution >= 0.6 is 11.8 Å². The minimum Gasteiger partial charge on any atom is -0.451 e. The Morgan fingerprint density at radius 2 is 2.22 bits per heavy atom. The summed E-state index contributed by atoms with van der Waals surface area (Å²) in [4.78, 5) is 13.8. The standard InChI is InChI=1S/C13H16N2O2S/c1-15(5-6-18-2)13(16)12-8-9-7-10(14)3-4-11(9)17-12/h3-4,7-8H,5-6,14H2,1-2H3.